The summed E-state index contributed by atoms with van der Waals surface area (Å²) in [5.41, 5.74) is 0. The van der Waals surface area contributed by atoms with Crippen LogP contribution < -0.4 is 5.32 Å². The van der Waals surface area contributed by atoms with Gasteiger partial charge in [-0.1, -0.05) is 19.3 Å². The lowest BCUT2D eigenvalue weighted by atomic mass is 9.96. The van der Waals surface area contributed by atoms with Crippen molar-refractivity contribution >= 4 is 11.8 Å². The zero-order chi connectivity index (χ0) is 16.5. The quantitative estimate of drug-likeness (QED) is 0.906. The van der Waals surface area contributed by atoms with Crippen molar-refractivity contribution in [2.75, 3.05) is 25.5 Å². The standard InChI is InChI=1S/C18H29N5O/c1-21-14-7-8-16(21)13-22(12-10-14)18(24)20-17-9-11-19-23(17)15-5-3-2-4-6-15/h9,11,14-16H,2-8,10,12-13H2,1H3,(H,20,24)/t14-,16-/m0/s1. The highest BCUT2D eigenvalue weighted by molar-refractivity contribution is 5.88. The number of hydrogen-bond acceptors (Lipinski definition) is 3. The fourth-order valence-corrected chi connectivity index (χ4v) is 4.71. The van der Waals surface area contributed by atoms with Gasteiger partial charge in [-0.3, -0.25) is 10.2 Å². The number of urea groups is 1. The summed E-state index contributed by atoms with van der Waals surface area (Å²) in [4.78, 5) is 17.3. The van der Waals surface area contributed by atoms with Crippen LogP contribution >= 0.6 is 0 Å². The Morgan fingerprint density at radius 3 is 2.71 bits per heavy atom. The zero-order valence-corrected chi connectivity index (χ0v) is 14.7. The molecule has 3 aliphatic rings. The Kier molecular flexibility index (Phi) is 4.48. The molecule has 24 heavy (non-hydrogen) atoms. The molecule has 4 rings (SSSR count). The summed E-state index contributed by atoms with van der Waals surface area (Å²) >= 11 is 0. The number of fused-ring (bicyclic) bond motifs is 2. The van der Waals surface area contributed by atoms with E-state index in [4.69, 9.17) is 0 Å². The van der Waals surface area contributed by atoms with Crippen molar-refractivity contribution in [2.24, 2.45) is 0 Å². The Morgan fingerprint density at radius 1 is 1.08 bits per heavy atom. The molecule has 0 unspecified atom stereocenters. The molecule has 2 saturated heterocycles. The smallest absolute Gasteiger partial charge is 0.323 e. The number of likely N-dealkylation sites (N-methyl/N-ethyl adjacent to an activating group) is 1. The molecule has 6 nitrogen and oxygen atoms in total. The van der Waals surface area contributed by atoms with E-state index in [1.807, 2.05) is 21.8 Å². The van der Waals surface area contributed by atoms with Crippen LogP contribution in [-0.4, -0.2) is 57.8 Å². The minimum atomic E-state index is 0.0357. The molecule has 0 aromatic carbocycles. The van der Waals surface area contributed by atoms with E-state index in [-0.39, 0.29) is 6.03 Å². The van der Waals surface area contributed by atoms with Gasteiger partial charge in [-0.15, -0.1) is 0 Å². The van der Waals surface area contributed by atoms with E-state index in [2.05, 4.69) is 22.4 Å². The van der Waals surface area contributed by atoms with Crippen LogP contribution in [0.4, 0.5) is 10.6 Å². The molecule has 1 aliphatic carbocycles. The maximum atomic E-state index is 12.8. The first-order chi connectivity index (χ1) is 11.7. The van der Waals surface area contributed by atoms with E-state index in [0.29, 0.717) is 18.1 Å². The average molecular weight is 331 g/mol. The van der Waals surface area contributed by atoms with Crippen molar-refractivity contribution in [2.45, 2.75) is 69.5 Å². The van der Waals surface area contributed by atoms with E-state index in [9.17, 15) is 4.79 Å². The van der Waals surface area contributed by atoms with Crippen molar-refractivity contribution in [1.29, 1.82) is 0 Å². The molecule has 2 amide bonds. The van der Waals surface area contributed by atoms with E-state index in [1.54, 1.807) is 0 Å². The number of likely N-dealkylation sites (tertiary alicyclic amines) is 1. The van der Waals surface area contributed by atoms with Crippen molar-refractivity contribution in [3.05, 3.63) is 12.3 Å². The summed E-state index contributed by atoms with van der Waals surface area (Å²) in [6.07, 6.45) is 11.6. The third-order valence-corrected chi connectivity index (χ3v) is 6.26. The van der Waals surface area contributed by atoms with Gasteiger partial charge in [0.1, 0.15) is 5.82 Å². The van der Waals surface area contributed by atoms with Crippen molar-refractivity contribution in [3.63, 3.8) is 0 Å². The van der Waals surface area contributed by atoms with Crippen molar-refractivity contribution in [1.82, 2.24) is 19.6 Å². The Morgan fingerprint density at radius 2 is 1.88 bits per heavy atom. The number of carbonyl (C=O) groups is 1. The summed E-state index contributed by atoms with van der Waals surface area (Å²) < 4.78 is 2.03. The molecule has 3 heterocycles. The Hall–Kier alpha value is -1.56. The number of carbonyl (C=O) groups excluding carboxylic acids is 1. The molecule has 2 aliphatic heterocycles. The lowest BCUT2D eigenvalue weighted by Gasteiger charge is -2.27. The third kappa shape index (κ3) is 3.04. The van der Waals surface area contributed by atoms with Crippen LogP contribution in [0.25, 0.3) is 0 Å². The fourth-order valence-electron chi connectivity index (χ4n) is 4.71. The molecular formula is C18H29N5O. The second-order valence-corrected chi connectivity index (χ2v) is 7.67. The molecule has 1 aromatic heterocycles. The predicted molar refractivity (Wildman–Crippen MR) is 94.1 cm³/mol. The Labute approximate surface area is 144 Å². The molecule has 1 N–H and O–H groups in total. The number of anilines is 1. The van der Waals surface area contributed by atoms with Crippen LogP contribution in [0.1, 0.15) is 57.4 Å². The topological polar surface area (TPSA) is 53.4 Å². The number of nitrogens with zero attached hydrogens (tertiary/aromatic N) is 4. The van der Waals surface area contributed by atoms with Gasteiger partial charge in [-0.25, -0.2) is 9.48 Å². The maximum Gasteiger partial charge on any atom is 0.323 e. The fraction of sp³-hybridized carbons (Fsp3) is 0.778. The number of rotatable bonds is 2. The molecular weight excluding hydrogens is 302 g/mol. The third-order valence-electron chi connectivity index (χ3n) is 6.26. The van der Waals surface area contributed by atoms with Gasteiger partial charge in [0, 0.05) is 31.2 Å². The molecule has 2 atom stereocenters. The Bertz CT molecular complexity index is 580. The number of nitrogens with one attached hydrogen (secondary N) is 1. The lowest BCUT2D eigenvalue weighted by molar-refractivity contribution is 0.200. The van der Waals surface area contributed by atoms with Crippen molar-refractivity contribution in [3.8, 4) is 0 Å². The summed E-state index contributed by atoms with van der Waals surface area (Å²) in [5.74, 6) is 0.856. The van der Waals surface area contributed by atoms with E-state index in [0.717, 1.165) is 25.3 Å². The van der Waals surface area contributed by atoms with Crippen LogP contribution in [0.2, 0.25) is 0 Å². The predicted octanol–water partition coefficient (Wildman–Crippen LogP) is 3.09. The van der Waals surface area contributed by atoms with Crippen LogP contribution in [0.3, 0.4) is 0 Å². The van der Waals surface area contributed by atoms with Gasteiger partial charge < -0.3 is 4.90 Å². The lowest BCUT2D eigenvalue weighted by Crippen LogP contribution is -2.42. The molecule has 0 radical (unpaired) electrons. The summed E-state index contributed by atoms with van der Waals surface area (Å²) in [6.45, 7) is 1.70. The van der Waals surface area contributed by atoms with E-state index in [1.165, 1.54) is 44.9 Å². The average Bonchev–Trinajstić information content (AvgIpc) is 3.13. The number of aromatic nitrogens is 2. The molecule has 2 bridgehead atoms. The second kappa shape index (κ2) is 6.75. The minimum Gasteiger partial charge on any atom is -0.323 e. The highest BCUT2D eigenvalue weighted by Gasteiger charge is 2.36. The monoisotopic (exact) mass is 331 g/mol. The van der Waals surface area contributed by atoms with Crippen LogP contribution in [-0.2, 0) is 0 Å². The van der Waals surface area contributed by atoms with Gasteiger partial charge >= 0.3 is 6.03 Å². The normalized spacial score (nSPS) is 28.8. The molecule has 0 spiro atoms. The van der Waals surface area contributed by atoms with Gasteiger partial charge in [-0.2, -0.15) is 5.10 Å². The highest BCUT2D eigenvalue weighted by Crippen LogP contribution is 2.31. The largest absolute Gasteiger partial charge is 0.323 e. The van der Waals surface area contributed by atoms with Crippen LogP contribution in [0, 0.1) is 0 Å². The minimum absolute atomic E-state index is 0.0357. The second-order valence-electron chi connectivity index (χ2n) is 7.67. The molecule has 1 aromatic rings. The number of hydrogen-bond donors (Lipinski definition) is 1. The van der Waals surface area contributed by atoms with Crippen LogP contribution in [0.15, 0.2) is 12.3 Å². The van der Waals surface area contributed by atoms with Gasteiger partial charge in [-0.05, 0) is 39.2 Å². The Balaban J connectivity index is 1.42. The molecule has 6 heteroatoms. The molecule has 132 valence electrons. The number of amides is 2. The molecule has 1 saturated carbocycles. The summed E-state index contributed by atoms with van der Waals surface area (Å²) in [7, 11) is 2.21. The van der Waals surface area contributed by atoms with Gasteiger partial charge in [0.2, 0.25) is 0 Å². The first kappa shape index (κ1) is 15.9. The zero-order valence-electron chi connectivity index (χ0n) is 14.7. The van der Waals surface area contributed by atoms with Gasteiger partial charge in [0.05, 0.1) is 12.2 Å². The summed E-state index contributed by atoms with van der Waals surface area (Å²) in [5, 5.41) is 7.61. The van der Waals surface area contributed by atoms with E-state index < -0.39 is 0 Å². The summed E-state index contributed by atoms with van der Waals surface area (Å²) in [6, 6.07) is 3.58. The van der Waals surface area contributed by atoms with E-state index >= 15 is 0 Å². The van der Waals surface area contributed by atoms with Crippen molar-refractivity contribution < 1.29 is 4.79 Å². The first-order valence-corrected chi connectivity index (χ1v) is 9.54. The van der Waals surface area contributed by atoms with Gasteiger partial charge in [0.25, 0.3) is 0 Å². The van der Waals surface area contributed by atoms with Gasteiger partial charge in [0.15, 0.2) is 0 Å². The maximum absolute atomic E-state index is 12.8. The van der Waals surface area contributed by atoms with Crippen LogP contribution in [0.5, 0.6) is 0 Å². The first-order valence-electron chi connectivity index (χ1n) is 9.54. The molecule has 3 fully saturated rings. The SMILES string of the molecule is CN1[C@H]2CC[C@H]1CN(C(=O)Nc1ccnn1C1CCCCC1)CC2. The highest BCUT2D eigenvalue weighted by atomic mass is 16.2.